The summed E-state index contributed by atoms with van der Waals surface area (Å²) >= 11 is 0. The molecule has 0 aliphatic carbocycles. The Kier molecular flexibility index (Phi) is 4.99. The van der Waals surface area contributed by atoms with E-state index in [9.17, 15) is 13.2 Å². The minimum atomic E-state index is -3.49. The van der Waals surface area contributed by atoms with Crippen molar-refractivity contribution in [1.29, 1.82) is 0 Å². The summed E-state index contributed by atoms with van der Waals surface area (Å²) in [5, 5.41) is 0. The lowest BCUT2D eigenvalue weighted by atomic mass is 10.2. The van der Waals surface area contributed by atoms with Crippen molar-refractivity contribution in [3.63, 3.8) is 0 Å². The monoisotopic (exact) mass is 338 g/mol. The van der Waals surface area contributed by atoms with Crippen LogP contribution in [0.1, 0.15) is 18.4 Å². The lowest BCUT2D eigenvalue weighted by Crippen LogP contribution is -2.51. The number of hydrogen-bond acceptors (Lipinski definition) is 4. The second-order valence-electron chi connectivity index (χ2n) is 5.95. The van der Waals surface area contributed by atoms with Gasteiger partial charge in [0, 0.05) is 19.6 Å². The molecule has 6 nitrogen and oxygen atoms in total. The summed E-state index contributed by atoms with van der Waals surface area (Å²) in [5.41, 5.74) is 0.747. The molecule has 1 amide bonds. The lowest BCUT2D eigenvalue weighted by molar-refractivity contribution is -0.138. The van der Waals surface area contributed by atoms with E-state index in [-0.39, 0.29) is 11.7 Å². The van der Waals surface area contributed by atoms with Crippen molar-refractivity contribution >= 4 is 15.9 Å². The van der Waals surface area contributed by atoms with Crippen LogP contribution in [0.4, 0.5) is 0 Å². The van der Waals surface area contributed by atoms with Crippen LogP contribution < -0.4 is 0 Å². The zero-order valence-electron chi connectivity index (χ0n) is 13.1. The molecule has 0 bridgehead atoms. The number of rotatable bonds is 4. The molecule has 3 rings (SSSR count). The summed E-state index contributed by atoms with van der Waals surface area (Å²) in [6.07, 6.45) is 1.33. The van der Waals surface area contributed by atoms with Crippen molar-refractivity contribution in [3.05, 3.63) is 35.9 Å². The molecule has 1 atom stereocenters. The average Bonchev–Trinajstić information content (AvgIpc) is 3.06. The Morgan fingerprint density at radius 1 is 1.13 bits per heavy atom. The number of ether oxygens (including phenoxy) is 1. The number of sulfonamides is 1. The Morgan fingerprint density at radius 2 is 1.83 bits per heavy atom. The zero-order valence-corrected chi connectivity index (χ0v) is 13.9. The molecule has 0 spiro atoms. The Bertz CT molecular complexity index is 641. The van der Waals surface area contributed by atoms with Crippen molar-refractivity contribution in [2.75, 3.05) is 32.8 Å². The molecule has 1 aromatic rings. The molecule has 2 heterocycles. The minimum Gasteiger partial charge on any atom is -0.378 e. The number of nitrogens with zero attached hydrogens (tertiary/aromatic N) is 2. The van der Waals surface area contributed by atoms with Crippen LogP contribution in [0.2, 0.25) is 0 Å². The van der Waals surface area contributed by atoms with Crippen LogP contribution in [0.5, 0.6) is 0 Å². The summed E-state index contributed by atoms with van der Waals surface area (Å²) in [5.74, 6) is -0.136. The normalized spacial score (nSPS) is 23.1. The first-order valence-electron chi connectivity index (χ1n) is 7.98. The van der Waals surface area contributed by atoms with Crippen molar-refractivity contribution in [2.24, 2.45) is 0 Å². The highest BCUT2D eigenvalue weighted by atomic mass is 32.2. The number of carbonyl (C=O) groups is 1. The lowest BCUT2D eigenvalue weighted by Gasteiger charge is -2.32. The number of carbonyl (C=O) groups excluding carboxylic acids is 1. The van der Waals surface area contributed by atoms with Crippen LogP contribution >= 0.6 is 0 Å². The molecular weight excluding hydrogens is 316 g/mol. The van der Waals surface area contributed by atoms with Crippen molar-refractivity contribution < 1.29 is 17.9 Å². The Labute approximate surface area is 137 Å². The average molecular weight is 338 g/mol. The molecule has 1 unspecified atom stereocenters. The molecular formula is C16H22N2O4S. The van der Waals surface area contributed by atoms with Gasteiger partial charge in [0.25, 0.3) is 0 Å². The summed E-state index contributed by atoms with van der Waals surface area (Å²) in [6, 6.07) is 8.55. The fraction of sp³-hybridized carbons (Fsp3) is 0.562. The molecule has 23 heavy (non-hydrogen) atoms. The van der Waals surface area contributed by atoms with Gasteiger partial charge in [-0.25, -0.2) is 8.42 Å². The molecule has 126 valence electrons. The van der Waals surface area contributed by atoms with E-state index in [0.717, 1.165) is 12.0 Å². The van der Waals surface area contributed by atoms with Crippen molar-refractivity contribution in [2.45, 2.75) is 24.6 Å². The van der Waals surface area contributed by atoms with Gasteiger partial charge in [-0.2, -0.15) is 4.31 Å². The molecule has 2 saturated heterocycles. The van der Waals surface area contributed by atoms with Gasteiger partial charge >= 0.3 is 0 Å². The van der Waals surface area contributed by atoms with Gasteiger partial charge in [-0.05, 0) is 18.4 Å². The maximum absolute atomic E-state index is 12.7. The third kappa shape index (κ3) is 3.73. The minimum absolute atomic E-state index is 0.0548. The molecule has 1 aromatic carbocycles. The molecule has 2 aliphatic heterocycles. The first-order valence-corrected chi connectivity index (χ1v) is 9.59. The van der Waals surface area contributed by atoms with E-state index in [4.69, 9.17) is 4.74 Å². The fourth-order valence-electron chi connectivity index (χ4n) is 3.18. The Morgan fingerprint density at radius 3 is 2.52 bits per heavy atom. The molecule has 0 saturated carbocycles. The number of hydrogen-bond donors (Lipinski definition) is 0. The van der Waals surface area contributed by atoms with Crippen LogP contribution in [-0.4, -0.2) is 62.4 Å². The molecule has 7 heteroatoms. The highest BCUT2D eigenvalue weighted by molar-refractivity contribution is 7.88. The second kappa shape index (κ2) is 6.98. The summed E-state index contributed by atoms with van der Waals surface area (Å²) in [7, 11) is -3.49. The molecule has 0 N–H and O–H groups in total. The number of amides is 1. The first-order chi connectivity index (χ1) is 11.1. The van der Waals surface area contributed by atoms with Crippen molar-refractivity contribution in [3.8, 4) is 0 Å². The van der Waals surface area contributed by atoms with Crippen LogP contribution in [0.25, 0.3) is 0 Å². The topological polar surface area (TPSA) is 66.9 Å². The molecule has 0 aromatic heterocycles. The highest BCUT2D eigenvalue weighted by Crippen LogP contribution is 2.25. The summed E-state index contributed by atoms with van der Waals surface area (Å²) in [6.45, 7) is 2.56. The SMILES string of the molecule is O=C(C1CCCN1S(=O)(=O)Cc1ccccc1)N1CCOCC1. The van der Waals surface area contributed by atoms with E-state index in [1.807, 2.05) is 18.2 Å². The predicted molar refractivity (Wildman–Crippen MR) is 86.2 cm³/mol. The van der Waals surface area contributed by atoms with Crippen LogP contribution in [0.15, 0.2) is 30.3 Å². The summed E-state index contributed by atoms with van der Waals surface area (Å²) < 4.78 is 32.1. The third-order valence-corrected chi connectivity index (χ3v) is 6.21. The van der Waals surface area contributed by atoms with Crippen LogP contribution in [0, 0.1) is 0 Å². The van der Waals surface area contributed by atoms with Gasteiger partial charge in [-0.1, -0.05) is 30.3 Å². The largest absolute Gasteiger partial charge is 0.378 e. The van der Waals surface area contributed by atoms with E-state index < -0.39 is 16.1 Å². The number of benzene rings is 1. The maximum atomic E-state index is 12.7. The Hall–Kier alpha value is -1.44. The molecule has 2 fully saturated rings. The van der Waals surface area contributed by atoms with Crippen LogP contribution in [-0.2, 0) is 25.3 Å². The fourth-order valence-corrected chi connectivity index (χ4v) is 4.95. The number of morpholine rings is 1. The van der Waals surface area contributed by atoms with E-state index in [1.54, 1.807) is 17.0 Å². The smallest absolute Gasteiger partial charge is 0.241 e. The van der Waals surface area contributed by atoms with E-state index in [0.29, 0.717) is 39.3 Å². The molecule has 2 aliphatic rings. The third-order valence-electron chi connectivity index (χ3n) is 4.36. The highest BCUT2D eigenvalue weighted by Gasteiger charge is 2.40. The first kappa shape index (κ1) is 16.4. The van der Waals surface area contributed by atoms with Gasteiger partial charge in [0.15, 0.2) is 0 Å². The Balaban J connectivity index is 1.73. The molecule has 0 radical (unpaired) electrons. The van der Waals surface area contributed by atoms with Gasteiger partial charge < -0.3 is 9.64 Å². The predicted octanol–water partition coefficient (Wildman–Crippen LogP) is 0.840. The van der Waals surface area contributed by atoms with E-state index in [2.05, 4.69) is 0 Å². The standard InChI is InChI=1S/C16H22N2O4S/c19-16(17-9-11-22-12-10-17)15-7-4-8-18(15)23(20,21)13-14-5-2-1-3-6-14/h1-3,5-6,15H,4,7-13H2. The van der Waals surface area contributed by atoms with E-state index in [1.165, 1.54) is 4.31 Å². The summed E-state index contributed by atoms with van der Waals surface area (Å²) in [4.78, 5) is 14.4. The zero-order chi connectivity index (χ0) is 16.3. The van der Waals surface area contributed by atoms with Gasteiger partial charge in [-0.3, -0.25) is 4.79 Å². The van der Waals surface area contributed by atoms with Gasteiger partial charge in [-0.15, -0.1) is 0 Å². The van der Waals surface area contributed by atoms with Crippen LogP contribution in [0.3, 0.4) is 0 Å². The van der Waals surface area contributed by atoms with Crippen molar-refractivity contribution in [1.82, 2.24) is 9.21 Å². The second-order valence-corrected chi connectivity index (χ2v) is 7.87. The van der Waals surface area contributed by atoms with Gasteiger partial charge in [0.05, 0.1) is 19.0 Å². The van der Waals surface area contributed by atoms with Gasteiger partial charge in [0.2, 0.25) is 15.9 Å². The maximum Gasteiger partial charge on any atom is 0.241 e. The van der Waals surface area contributed by atoms with Gasteiger partial charge in [0.1, 0.15) is 6.04 Å². The van der Waals surface area contributed by atoms with E-state index >= 15 is 0 Å². The quantitative estimate of drug-likeness (QED) is 0.816.